The van der Waals surface area contributed by atoms with E-state index in [1.165, 1.54) is 0 Å². The van der Waals surface area contributed by atoms with Gasteiger partial charge in [0.15, 0.2) is 6.29 Å². The van der Waals surface area contributed by atoms with Crippen molar-refractivity contribution in [3.63, 3.8) is 0 Å². The first-order valence-electron chi connectivity index (χ1n) is 10.2. The number of carboxylic acids is 1. The van der Waals surface area contributed by atoms with Crippen molar-refractivity contribution in [3.05, 3.63) is 0 Å². The highest BCUT2D eigenvalue weighted by atomic mass is 31.2. The van der Waals surface area contributed by atoms with Crippen LogP contribution in [0.3, 0.4) is 0 Å². The molecule has 11 N–H and O–H groups in total. The van der Waals surface area contributed by atoms with Gasteiger partial charge in [-0.15, -0.1) is 0 Å². The van der Waals surface area contributed by atoms with Crippen molar-refractivity contribution < 1.29 is 83.6 Å². The van der Waals surface area contributed by atoms with E-state index in [-0.39, 0.29) is 6.29 Å². The molecule has 0 aromatic carbocycles. The molecule has 11 atom stereocenters. The Balaban J connectivity index is 3.15. The molecule has 1 heterocycles. The van der Waals surface area contributed by atoms with E-state index in [9.17, 15) is 59.6 Å². The molecule has 1 unspecified atom stereocenters. The third-order valence-corrected chi connectivity index (χ3v) is 6.09. The number of aliphatic hydroxyl groups excluding tert-OH is 8. The first kappa shape index (κ1) is 32.4. The van der Waals surface area contributed by atoms with Crippen LogP contribution in [0.4, 0.5) is 0 Å². The van der Waals surface area contributed by atoms with E-state index in [0.29, 0.717) is 0 Å². The molecule has 36 heavy (non-hydrogen) atoms. The molecule has 18 nitrogen and oxygen atoms in total. The first-order valence-corrected chi connectivity index (χ1v) is 11.7. The molecule has 1 amide bonds. The van der Waals surface area contributed by atoms with Crippen LogP contribution in [0, 0.1) is 0 Å². The number of hydrogen-bond donors (Lipinski definition) is 11. The highest BCUT2D eigenvalue weighted by Gasteiger charge is 2.58. The second-order valence-corrected chi connectivity index (χ2v) is 9.29. The Bertz CT molecular complexity index is 814. The summed E-state index contributed by atoms with van der Waals surface area (Å²) in [4.78, 5) is 43.9. The van der Waals surface area contributed by atoms with Crippen LogP contribution in [-0.2, 0) is 32.7 Å². The van der Waals surface area contributed by atoms with Crippen molar-refractivity contribution in [2.75, 3.05) is 13.2 Å². The standard InChI is InChI=1S/C17H30NO17P/c1-6(21)18-11-7(22)2-17(16(29)30,34-15(11)14(28)9(24)4-20)35-36(31,32)33-5-10(25)13(27)12(26)8(23)3-19/h3,7-15,20,22-28H,2,4-5H2,1H3,(H,18,21)(H,29,30)(H,31,32)/t7-,8+,9+,10+,11+,12+,13+,14+,15+,17+/m0/s1. The van der Waals surface area contributed by atoms with Crippen molar-refractivity contribution in [2.24, 2.45) is 0 Å². The number of amides is 1. The summed E-state index contributed by atoms with van der Waals surface area (Å²) in [6.45, 7) is -1.40. The smallest absolute Gasteiger partial charge is 0.475 e. The van der Waals surface area contributed by atoms with Crippen LogP contribution < -0.4 is 5.32 Å². The summed E-state index contributed by atoms with van der Waals surface area (Å²) in [6.07, 6.45) is -18.3. The Hall–Kier alpha value is -1.64. The van der Waals surface area contributed by atoms with Crippen LogP contribution in [0.25, 0.3) is 0 Å². The molecule has 0 aromatic heterocycles. The van der Waals surface area contributed by atoms with Crippen LogP contribution in [0.5, 0.6) is 0 Å². The van der Waals surface area contributed by atoms with Gasteiger partial charge in [-0.3, -0.25) is 9.32 Å². The fourth-order valence-electron chi connectivity index (χ4n) is 3.21. The molecule has 0 spiro atoms. The Labute approximate surface area is 202 Å². The lowest BCUT2D eigenvalue weighted by atomic mass is 9.88. The summed E-state index contributed by atoms with van der Waals surface area (Å²) in [5.41, 5.74) is 0. The topological polar surface area (TPSA) is 310 Å². The Morgan fingerprint density at radius 1 is 1.17 bits per heavy atom. The monoisotopic (exact) mass is 551 g/mol. The van der Waals surface area contributed by atoms with E-state index in [1.807, 2.05) is 0 Å². The minimum atomic E-state index is -5.58. The van der Waals surface area contributed by atoms with Gasteiger partial charge in [0.1, 0.15) is 42.7 Å². The lowest BCUT2D eigenvalue weighted by molar-refractivity contribution is -0.289. The molecule has 0 aromatic rings. The number of carbonyl (C=O) groups excluding carboxylic acids is 2. The van der Waals surface area contributed by atoms with E-state index in [2.05, 4.69) is 14.4 Å². The minimum absolute atomic E-state index is 0.170. The van der Waals surface area contributed by atoms with Gasteiger partial charge in [-0.25, -0.2) is 13.9 Å². The molecule has 210 valence electrons. The maximum atomic E-state index is 12.4. The van der Waals surface area contributed by atoms with E-state index in [0.717, 1.165) is 6.92 Å². The number of rotatable bonds is 14. The predicted molar refractivity (Wildman–Crippen MR) is 110 cm³/mol. The number of phosphoric ester groups is 1. The van der Waals surface area contributed by atoms with Gasteiger partial charge in [0.25, 0.3) is 5.79 Å². The molecule has 0 radical (unpaired) electrons. The van der Waals surface area contributed by atoms with E-state index in [1.54, 1.807) is 0 Å². The molecule has 1 rings (SSSR count). The number of phosphoric acid groups is 1. The highest BCUT2D eigenvalue weighted by Crippen LogP contribution is 2.51. The van der Waals surface area contributed by atoms with Gasteiger partial charge < -0.3 is 65.7 Å². The zero-order valence-electron chi connectivity index (χ0n) is 18.7. The molecule has 1 aliphatic heterocycles. The van der Waals surface area contributed by atoms with Crippen molar-refractivity contribution in [1.29, 1.82) is 0 Å². The summed E-state index contributed by atoms with van der Waals surface area (Å²) in [5.74, 6) is -6.18. The largest absolute Gasteiger partial charge is 0.477 e. The van der Waals surface area contributed by atoms with Crippen LogP contribution >= 0.6 is 7.82 Å². The number of aliphatic carboxylic acids is 1. The Kier molecular flexibility index (Phi) is 11.9. The normalized spacial score (nSPS) is 31.2. The number of nitrogens with one attached hydrogen (secondary N) is 1. The first-order chi connectivity index (χ1) is 16.5. The van der Waals surface area contributed by atoms with Crippen molar-refractivity contribution in [1.82, 2.24) is 5.32 Å². The zero-order chi connectivity index (χ0) is 28.0. The fourth-order valence-corrected chi connectivity index (χ4v) is 4.17. The van der Waals surface area contributed by atoms with Gasteiger partial charge >= 0.3 is 13.8 Å². The van der Waals surface area contributed by atoms with Crippen molar-refractivity contribution >= 4 is 26.0 Å². The molecule has 1 aliphatic rings. The van der Waals surface area contributed by atoms with Crippen LogP contribution in [0.2, 0.25) is 0 Å². The van der Waals surface area contributed by atoms with Gasteiger partial charge in [0, 0.05) is 13.3 Å². The Morgan fingerprint density at radius 3 is 2.22 bits per heavy atom. The number of carboxylic acid groups (broad SMARTS) is 1. The SMILES string of the molecule is CC(=O)N[C@H]1[C@H]([C@H](O)[C@H](O)CO)O[C@](OP(=O)(O)OC[C@@H](O)[C@@H](O)[C@H](O)[C@H](O)C=O)(C(=O)O)C[C@@H]1O. The minimum Gasteiger partial charge on any atom is -0.477 e. The van der Waals surface area contributed by atoms with Gasteiger partial charge in [-0.05, 0) is 0 Å². The Morgan fingerprint density at radius 2 is 1.75 bits per heavy atom. The molecule has 0 bridgehead atoms. The summed E-state index contributed by atoms with van der Waals surface area (Å²) >= 11 is 0. The number of hydrogen-bond acceptors (Lipinski definition) is 15. The molecule has 0 aliphatic carbocycles. The summed E-state index contributed by atoms with van der Waals surface area (Å²) < 4.78 is 26.5. The lowest BCUT2D eigenvalue weighted by Crippen LogP contribution is -2.67. The third kappa shape index (κ3) is 8.18. The van der Waals surface area contributed by atoms with Crippen LogP contribution in [-0.4, -0.2) is 143 Å². The van der Waals surface area contributed by atoms with Crippen LogP contribution in [0.15, 0.2) is 0 Å². The maximum Gasteiger partial charge on any atom is 0.475 e. The number of carbonyl (C=O) groups is 3. The molecular weight excluding hydrogens is 521 g/mol. The van der Waals surface area contributed by atoms with Crippen LogP contribution in [0.1, 0.15) is 13.3 Å². The molecular formula is C17H30NO17P. The quantitative estimate of drug-likeness (QED) is 0.0706. The predicted octanol–water partition coefficient (Wildman–Crippen LogP) is -6.09. The average Bonchev–Trinajstić information content (AvgIpc) is 2.80. The molecule has 0 saturated carbocycles. The third-order valence-electron chi connectivity index (χ3n) is 5.09. The van der Waals surface area contributed by atoms with E-state index >= 15 is 0 Å². The van der Waals surface area contributed by atoms with Gasteiger partial charge in [-0.2, -0.15) is 0 Å². The zero-order valence-corrected chi connectivity index (χ0v) is 19.6. The highest BCUT2D eigenvalue weighted by molar-refractivity contribution is 7.47. The second-order valence-electron chi connectivity index (χ2n) is 7.91. The molecule has 1 saturated heterocycles. The summed E-state index contributed by atoms with van der Waals surface area (Å²) in [5, 5.41) is 89.5. The van der Waals surface area contributed by atoms with Gasteiger partial charge in [0.05, 0.1) is 25.4 Å². The van der Waals surface area contributed by atoms with Gasteiger partial charge in [-0.1, -0.05) is 0 Å². The summed E-state index contributed by atoms with van der Waals surface area (Å²) in [6, 6.07) is -1.59. The average molecular weight is 551 g/mol. The second kappa shape index (κ2) is 13.2. The van der Waals surface area contributed by atoms with Crippen molar-refractivity contribution in [3.8, 4) is 0 Å². The molecule has 19 heteroatoms. The number of aldehydes is 1. The van der Waals surface area contributed by atoms with E-state index < -0.39 is 100.0 Å². The maximum absolute atomic E-state index is 12.4. The van der Waals surface area contributed by atoms with E-state index in [4.69, 9.17) is 14.9 Å². The number of ether oxygens (including phenoxy) is 1. The lowest BCUT2D eigenvalue weighted by Gasteiger charge is -2.46. The summed E-state index contributed by atoms with van der Waals surface area (Å²) in [7, 11) is -5.58. The molecule has 1 fully saturated rings. The van der Waals surface area contributed by atoms with Crippen molar-refractivity contribution in [2.45, 2.75) is 74.0 Å². The number of aliphatic hydroxyl groups is 8. The fraction of sp³-hybridized carbons (Fsp3) is 0.824. The van der Waals surface area contributed by atoms with Gasteiger partial charge in [0.2, 0.25) is 5.91 Å².